The van der Waals surface area contributed by atoms with Crippen molar-refractivity contribution in [3.63, 3.8) is 0 Å². The molecule has 2 heterocycles. The van der Waals surface area contributed by atoms with Gasteiger partial charge in [-0.25, -0.2) is 0 Å². The number of β-lactam (4-membered cyclic amide) rings is 1. The van der Waals surface area contributed by atoms with Crippen LogP contribution >= 0.6 is 0 Å². The van der Waals surface area contributed by atoms with Gasteiger partial charge in [-0.2, -0.15) is 0 Å². The maximum absolute atomic E-state index is 10.9. The Bertz CT molecular complexity index is 200. The highest BCUT2D eigenvalue weighted by atomic mass is 16.2. The van der Waals surface area contributed by atoms with Crippen LogP contribution < -0.4 is 5.73 Å². The van der Waals surface area contributed by atoms with Gasteiger partial charge in [0, 0.05) is 6.20 Å². The lowest BCUT2D eigenvalue weighted by Crippen LogP contribution is -2.66. The van der Waals surface area contributed by atoms with Crippen molar-refractivity contribution in [2.24, 2.45) is 5.73 Å². The Morgan fingerprint density at radius 2 is 2.50 bits per heavy atom. The third kappa shape index (κ3) is 0.555. The van der Waals surface area contributed by atoms with Gasteiger partial charge in [0.2, 0.25) is 5.91 Å². The Hall–Kier alpha value is -0.830. The lowest BCUT2D eigenvalue weighted by Gasteiger charge is -2.45. The highest BCUT2D eigenvalue weighted by molar-refractivity contribution is 5.90. The molecular weight excluding hydrogens is 128 g/mol. The van der Waals surface area contributed by atoms with Crippen molar-refractivity contribution >= 4 is 5.91 Å². The quantitative estimate of drug-likeness (QED) is 0.472. The van der Waals surface area contributed by atoms with Crippen molar-refractivity contribution in [2.45, 2.75) is 24.9 Å². The number of hydrogen-bond donors (Lipinski definition) is 1. The number of hydrogen-bond acceptors (Lipinski definition) is 2. The van der Waals surface area contributed by atoms with Crippen LogP contribution in [-0.2, 0) is 4.79 Å². The Kier molecular flexibility index (Phi) is 1.08. The van der Waals surface area contributed by atoms with Gasteiger partial charge < -0.3 is 10.6 Å². The van der Waals surface area contributed by atoms with E-state index in [1.165, 1.54) is 0 Å². The number of carbonyl (C=O) groups is 1. The fourth-order valence-corrected chi connectivity index (χ4v) is 1.55. The molecular formula is C7H10N2O. The first kappa shape index (κ1) is 5.92. The van der Waals surface area contributed by atoms with Gasteiger partial charge in [-0.3, -0.25) is 4.79 Å². The topological polar surface area (TPSA) is 46.3 Å². The highest BCUT2D eigenvalue weighted by Gasteiger charge is 2.43. The number of fused-ring (bicyclic) bond motifs is 1. The van der Waals surface area contributed by atoms with Crippen molar-refractivity contribution in [1.82, 2.24) is 4.90 Å². The number of allylic oxidation sites excluding steroid dienone is 1. The third-order valence-electron chi connectivity index (χ3n) is 2.21. The zero-order valence-corrected chi connectivity index (χ0v) is 5.66. The van der Waals surface area contributed by atoms with Gasteiger partial charge >= 0.3 is 0 Å². The standard InChI is InChI=1S/C7H10N2O/c8-6-5-3-1-2-4-9(5)7(6)10/h2,4-6H,1,3,8H2. The molecule has 3 nitrogen and oxygen atoms in total. The second-order valence-corrected chi connectivity index (χ2v) is 2.80. The van der Waals surface area contributed by atoms with Gasteiger partial charge in [-0.05, 0) is 12.8 Å². The summed E-state index contributed by atoms with van der Waals surface area (Å²) < 4.78 is 0. The van der Waals surface area contributed by atoms with E-state index in [9.17, 15) is 4.79 Å². The molecule has 2 rings (SSSR count). The van der Waals surface area contributed by atoms with E-state index in [1.54, 1.807) is 4.90 Å². The van der Waals surface area contributed by atoms with Crippen LogP contribution in [0.15, 0.2) is 12.3 Å². The first-order valence-electron chi connectivity index (χ1n) is 3.55. The van der Waals surface area contributed by atoms with Crippen molar-refractivity contribution in [3.05, 3.63) is 12.3 Å². The molecule has 2 unspecified atom stereocenters. The van der Waals surface area contributed by atoms with Crippen LogP contribution in [0.25, 0.3) is 0 Å². The smallest absolute Gasteiger partial charge is 0.245 e. The van der Waals surface area contributed by atoms with Crippen LogP contribution in [0.2, 0.25) is 0 Å². The lowest BCUT2D eigenvalue weighted by atomic mass is 9.90. The summed E-state index contributed by atoms with van der Waals surface area (Å²) >= 11 is 0. The average molecular weight is 138 g/mol. The summed E-state index contributed by atoms with van der Waals surface area (Å²) in [5, 5.41) is 0. The van der Waals surface area contributed by atoms with E-state index in [-0.39, 0.29) is 11.9 Å². The first-order chi connectivity index (χ1) is 4.80. The maximum Gasteiger partial charge on any atom is 0.245 e. The van der Waals surface area contributed by atoms with Gasteiger partial charge in [0.15, 0.2) is 0 Å². The Morgan fingerprint density at radius 1 is 1.70 bits per heavy atom. The average Bonchev–Trinajstić information content (AvgIpc) is 2.03. The molecule has 2 N–H and O–H groups in total. The van der Waals surface area contributed by atoms with Crippen molar-refractivity contribution < 1.29 is 4.79 Å². The summed E-state index contributed by atoms with van der Waals surface area (Å²) in [5.41, 5.74) is 5.55. The van der Waals surface area contributed by atoms with Crippen molar-refractivity contribution in [1.29, 1.82) is 0 Å². The van der Waals surface area contributed by atoms with Crippen molar-refractivity contribution in [3.8, 4) is 0 Å². The van der Waals surface area contributed by atoms with Crippen LogP contribution in [0.1, 0.15) is 12.8 Å². The molecule has 0 aliphatic carbocycles. The Morgan fingerprint density at radius 3 is 3.20 bits per heavy atom. The van der Waals surface area contributed by atoms with E-state index in [0.29, 0.717) is 6.04 Å². The summed E-state index contributed by atoms with van der Waals surface area (Å²) in [7, 11) is 0. The molecule has 2 aliphatic rings. The molecule has 1 amide bonds. The molecule has 0 saturated carbocycles. The fraction of sp³-hybridized carbons (Fsp3) is 0.571. The van der Waals surface area contributed by atoms with Crippen LogP contribution in [0.4, 0.5) is 0 Å². The highest BCUT2D eigenvalue weighted by Crippen LogP contribution is 2.26. The molecule has 2 aliphatic heterocycles. The molecule has 0 bridgehead atoms. The minimum absolute atomic E-state index is 0.0703. The monoisotopic (exact) mass is 138 g/mol. The molecule has 2 atom stereocenters. The fourth-order valence-electron chi connectivity index (χ4n) is 1.55. The second kappa shape index (κ2) is 1.83. The predicted molar refractivity (Wildman–Crippen MR) is 37.0 cm³/mol. The van der Waals surface area contributed by atoms with Gasteiger partial charge in [-0.1, -0.05) is 6.08 Å². The van der Waals surface area contributed by atoms with E-state index in [0.717, 1.165) is 12.8 Å². The normalized spacial score (nSPS) is 37.3. The molecule has 10 heavy (non-hydrogen) atoms. The van der Waals surface area contributed by atoms with Crippen LogP contribution in [-0.4, -0.2) is 22.9 Å². The van der Waals surface area contributed by atoms with Gasteiger partial charge in [-0.15, -0.1) is 0 Å². The Balaban J connectivity index is 2.18. The molecule has 1 fully saturated rings. The minimum atomic E-state index is -0.218. The van der Waals surface area contributed by atoms with E-state index >= 15 is 0 Å². The largest absolute Gasteiger partial charge is 0.318 e. The summed E-state index contributed by atoms with van der Waals surface area (Å²) in [6.07, 6.45) is 5.95. The van der Waals surface area contributed by atoms with E-state index in [1.807, 2.05) is 12.3 Å². The summed E-state index contributed by atoms with van der Waals surface area (Å²) in [4.78, 5) is 12.7. The number of nitrogens with two attached hydrogens (primary N) is 1. The number of rotatable bonds is 0. The SMILES string of the molecule is NC1C(=O)N2C=CCCC12. The number of amides is 1. The van der Waals surface area contributed by atoms with E-state index in [4.69, 9.17) is 5.73 Å². The zero-order chi connectivity index (χ0) is 7.14. The van der Waals surface area contributed by atoms with Gasteiger partial charge in [0.1, 0.15) is 6.04 Å². The predicted octanol–water partition coefficient (Wildman–Crippen LogP) is -0.168. The molecule has 54 valence electrons. The number of carbonyl (C=O) groups excluding carboxylic acids is 1. The van der Waals surface area contributed by atoms with Crippen LogP contribution in [0.5, 0.6) is 0 Å². The maximum atomic E-state index is 10.9. The first-order valence-corrected chi connectivity index (χ1v) is 3.55. The van der Waals surface area contributed by atoms with Crippen LogP contribution in [0, 0.1) is 0 Å². The molecule has 3 heteroatoms. The Labute approximate surface area is 59.5 Å². The zero-order valence-electron chi connectivity index (χ0n) is 5.66. The summed E-state index contributed by atoms with van der Waals surface area (Å²) in [5.74, 6) is 0.0703. The lowest BCUT2D eigenvalue weighted by molar-refractivity contribution is -0.145. The third-order valence-corrected chi connectivity index (χ3v) is 2.21. The van der Waals surface area contributed by atoms with E-state index < -0.39 is 0 Å². The molecule has 0 aromatic heterocycles. The van der Waals surface area contributed by atoms with E-state index in [2.05, 4.69) is 0 Å². The molecule has 0 aromatic carbocycles. The molecule has 0 aromatic rings. The van der Waals surface area contributed by atoms with Gasteiger partial charge in [0.25, 0.3) is 0 Å². The number of nitrogens with zero attached hydrogens (tertiary/aromatic N) is 1. The molecule has 0 radical (unpaired) electrons. The van der Waals surface area contributed by atoms with Gasteiger partial charge in [0.05, 0.1) is 6.04 Å². The van der Waals surface area contributed by atoms with Crippen LogP contribution in [0.3, 0.4) is 0 Å². The molecule has 0 spiro atoms. The van der Waals surface area contributed by atoms with Crippen molar-refractivity contribution in [2.75, 3.05) is 0 Å². The minimum Gasteiger partial charge on any atom is -0.318 e. The molecule has 1 saturated heterocycles. The second-order valence-electron chi connectivity index (χ2n) is 2.80. The summed E-state index contributed by atoms with van der Waals surface area (Å²) in [6, 6.07) is 0.0856. The summed E-state index contributed by atoms with van der Waals surface area (Å²) in [6.45, 7) is 0.